The van der Waals surface area contributed by atoms with Crippen molar-refractivity contribution >= 4 is 35.9 Å². The van der Waals surface area contributed by atoms with Crippen molar-refractivity contribution in [3.8, 4) is 0 Å². The summed E-state index contributed by atoms with van der Waals surface area (Å²) in [5, 5.41) is 15.1. The molecule has 3 heterocycles. The fraction of sp³-hybridized carbons (Fsp3) is 0.480. The second-order valence-corrected chi connectivity index (χ2v) is 9.81. The molecule has 1 saturated heterocycles. The van der Waals surface area contributed by atoms with Crippen LogP contribution in [0.3, 0.4) is 0 Å². The third kappa shape index (κ3) is 5.77. The Labute approximate surface area is 200 Å². The number of hydrogen-bond acceptors (Lipinski definition) is 7. The molecule has 4 rings (SSSR count). The van der Waals surface area contributed by atoms with Crippen LogP contribution in [0.4, 0.5) is 17.6 Å². The number of aliphatic imine (C=N–C) groups is 1. The molecule has 0 saturated carbocycles. The summed E-state index contributed by atoms with van der Waals surface area (Å²) in [7, 11) is 0. The summed E-state index contributed by atoms with van der Waals surface area (Å²) in [6.45, 7) is 9.63. The number of rotatable bonds is 9. The maximum atomic E-state index is 10.4. The van der Waals surface area contributed by atoms with Gasteiger partial charge in [-0.05, 0) is 63.1 Å². The molecule has 1 fully saturated rings. The molecule has 1 atom stereocenters. The summed E-state index contributed by atoms with van der Waals surface area (Å²) in [4.78, 5) is 23.6. The molecule has 3 N–H and O–H groups in total. The predicted molar refractivity (Wildman–Crippen MR) is 136 cm³/mol. The highest BCUT2D eigenvalue weighted by molar-refractivity contribution is 5.69. The molecule has 9 nitrogen and oxygen atoms in total. The summed E-state index contributed by atoms with van der Waals surface area (Å²) in [6, 6.07) is 8.42. The molecule has 1 aliphatic heterocycles. The van der Waals surface area contributed by atoms with Crippen molar-refractivity contribution < 1.29 is 4.79 Å². The Hall–Kier alpha value is -3.33. The van der Waals surface area contributed by atoms with E-state index >= 15 is 0 Å². The van der Waals surface area contributed by atoms with Gasteiger partial charge in [-0.1, -0.05) is 26.0 Å². The lowest BCUT2D eigenvalue weighted by Crippen LogP contribution is -2.50. The molecule has 0 radical (unpaired) electrons. The molecule has 2 aromatic heterocycles. The minimum atomic E-state index is 0.163. The van der Waals surface area contributed by atoms with E-state index in [0.29, 0.717) is 30.6 Å². The van der Waals surface area contributed by atoms with Crippen LogP contribution in [0.25, 0.3) is 5.65 Å². The van der Waals surface area contributed by atoms with Crippen molar-refractivity contribution in [2.24, 2.45) is 4.99 Å². The Morgan fingerprint density at radius 2 is 2.18 bits per heavy atom. The van der Waals surface area contributed by atoms with Crippen molar-refractivity contribution in [2.75, 3.05) is 17.2 Å². The van der Waals surface area contributed by atoms with E-state index in [9.17, 15) is 4.79 Å². The number of nitrogens with one attached hydrogen (secondary N) is 3. The normalized spacial score (nSPS) is 18.0. The average molecular weight is 463 g/mol. The van der Waals surface area contributed by atoms with Crippen LogP contribution in [0.2, 0.25) is 0 Å². The van der Waals surface area contributed by atoms with Crippen molar-refractivity contribution in [1.82, 2.24) is 24.9 Å². The second kappa shape index (κ2) is 10.3. The first kappa shape index (κ1) is 23.8. The first-order chi connectivity index (χ1) is 16.3. The van der Waals surface area contributed by atoms with Gasteiger partial charge in [-0.15, -0.1) is 0 Å². The molecular weight excluding hydrogens is 428 g/mol. The number of nitrogens with zero attached hydrogens (tertiary/aromatic N) is 5. The van der Waals surface area contributed by atoms with Gasteiger partial charge in [-0.25, -0.2) is 4.99 Å². The first-order valence-electron chi connectivity index (χ1n) is 11.9. The number of fused-ring (bicyclic) bond motifs is 1. The number of benzene rings is 1. The Bertz CT molecular complexity index is 1160. The minimum Gasteiger partial charge on any atom is -0.350 e. The molecule has 0 unspecified atom stereocenters. The molecule has 0 spiro atoms. The molecule has 9 heteroatoms. The van der Waals surface area contributed by atoms with E-state index in [-0.39, 0.29) is 11.6 Å². The Morgan fingerprint density at radius 1 is 1.32 bits per heavy atom. The minimum absolute atomic E-state index is 0.163. The smallest absolute Gasteiger partial charge is 0.233 e. The number of carbonyl (C=O) groups is 1. The number of hydrogen-bond donors (Lipinski definition) is 3. The molecule has 1 amide bonds. The third-order valence-corrected chi connectivity index (χ3v) is 6.21. The van der Waals surface area contributed by atoms with E-state index in [1.165, 1.54) is 0 Å². The zero-order chi connectivity index (χ0) is 24.1. The lowest BCUT2D eigenvalue weighted by molar-refractivity contribution is -0.106. The van der Waals surface area contributed by atoms with Crippen LogP contribution in [-0.2, 0) is 11.2 Å². The topological polar surface area (TPSA) is 109 Å². The highest BCUT2D eigenvalue weighted by Crippen LogP contribution is 2.26. The van der Waals surface area contributed by atoms with Crippen LogP contribution in [0.15, 0.2) is 35.5 Å². The number of anilines is 3. The van der Waals surface area contributed by atoms with E-state index in [0.717, 1.165) is 48.3 Å². The van der Waals surface area contributed by atoms with Gasteiger partial charge in [0.25, 0.3) is 0 Å². The quantitative estimate of drug-likeness (QED) is 0.325. The summed E-state index contributed by atoms with van der Waals surface area (Å²) < 4.78 is 1.77. The molecule has 3 aromatic rings. The van der Waals surface area contributed by atoms with Gasteiger partial charge in [0.05, 0.1) is 6.20 Å². The Balaban J connectivity index is 1.60. The Morgan fingerprint density at radius 3 is 2.91 bits per heavy atom. The van der Waals surface area contributed by atoms with Crippen molar-refractivity contribution in [2.45, 2.75) is 70.9 Å². The van der Waals surface area contributed by atoms with Gasteiger partial charge in [0, 0.05) is 35.6 Å². The number of piperidine rings is 1. The SMILES string of the molecule is CC(C)c1cnn2c(Nc3cccc(CCC=NC=O)c3)nc(N[C@H]3CCC(C)(C)NC3)nc12. The van der Waals surface area contributed by atoms with Crippen molar-refractivity contribution in [3.63, 3.8) is 0 Å². The van der Waals surface area contributed by atoms with Crippen LogP contribution in [-0.4, -0.2) is 50.3 Å². The number of carbonyl (C=O) groups excluding carboxylic acids is 1. The summed E-state index contributed by atoms with van der Waals surface area (Å²) >= 11 is 0. The summed E-state index contributed by atoms with van der Waals surface area (Å²) in [5.41, 5.74) is 4.11. The molecule has 0 bridgehead atoms. The van der Waals surface area contributed by atoms with E-state index in [4.69, 9.17) is 9.97 Å². The van der Waals surface area contributed by atoms with Crippen LogP contribution in [0.1, 0.15) is 64.0 Å². The van der Waals surface area contributed by atoms with Gasteiger partial charge >= 0.3 is 0 Å². The molecule has 0 aliphatic carbocycles. The van der Waals surface area contributed by atoms with Crippen LogP contribution < -0.4 is 16.0 Å². The molecule has 1 aromatic carbocycles. The Kier molecular flexibility index (Phi) is 7.21. The molecule has 180 valence electrons. The molecule has 1 aliphatic rings. The van der Waals surface area contributed by atoms with E-state index in [1.807, 2.05) is 18.3 Å². The van der Waals surface area contributed by atoms with Crippen LogP contribution in [0.5, 0.6) is 0 Å². The van der Waals surface area contributed by atoms with Crippen molar-refractivity contribution in [1.29, 1.82) is 0 Å². The lowest BCUT2D eigenvalue weighted by Gasteiger charge is -2.36. The fourth-order valence-electron chi connectivity index (χ4n) is 4.16. The van der Waals surface area contributed by atoms with E-state index in [2.05, 4.69) is 65.9 Å². The van der Waals surface area contributed by atoms with E-state index < -0.39 is 0 Å². The van der Waals surface area contributed by atoms with Crippen LogP contribution >= 0.6 is 0 Å². The molecule has 34 heavy (non-hydrogen) atoms. The largest absolute Gasteiger partial charge is 0.350 e. The van der Waals surface area contributed by atoms with E-state index in [1.54, 1.807) is 10.7 Å². The summed E-state index contributed by atoms with van der Waals surface area (Å²) in [6.07, 6.45) is 7.72. The first-order valence-corrected chi connectivity index (χ1v) is 11.9. The highest BCUT2D eigenvalue weighted by Gasteiger charge is 2.27. The number of amides is 1. The average Bonchev–Trinajstić information content (AvgIpc) is 3.23. The second-order valence-electron chi connectivity index (χ2n) is 9.81. The third-order valence-electron chi connectivity index (χ3n) is 6.21. The van der Waals surface area contributed by atoms with Gasteiger partial charge in [0.1, 0.15) is 0 Å². The molecular formula is C25H34N8O. The van der Waals surface area contributed by atoms with Crippen molar-refractivity contribution in [3.05, 3.63) is 41.6 Å². The number of aromatic nitrogens is 4. The zero-order valence-electron chi connectivity index (χ0n) is 20.4. The van der Waals surface area contributed by atoms with Gasteiger partial charge in [0.2, 0.25) is 18.3 Å². The maximum Gasteiger partial charge on any atom is 0.233 e. The zero-order valence-corrected chi connectivity index (χ0v) is 20.4. The van der Waals surface area contributed by atoms with Gasteiger partial charge < -0.3 is 16.0 Å². The standard InChI is InChI=1S/C25H34N8O/c1-17(2)21-15-28-33-22(21)31-23(29-20-10-11-25(3,4)27-14-20)32-24(33)30-19-9-5-7-18(13-19)8-6-12-26-16-34/h5,7,9,12-13,15-17,20,27H,6,8,10-11,14H2,1-4H3,(H2,29,30,31,32)/t20-/m0/s1. The summed E-state index contributed by atoms with van der Waals surface area (Å²) in [5.74, 6) is 1.51. The van der Waals surface area contributed by atoms with Gasteiger partial charge in [-0.2, -0.15) is 19.6 Å². The van der Waals surface area contributed by atoms with Crippen LogP contribution in [0, 0.1) is 0 Å². The monoisotopic (exact) mass is 462 g/mol. The van der Waals surface area contributed by atoms with Gasteiger partial charge in [-0.3, -0.25) is 4.79 Å². The maximum absolute atomic E-state index is 10.4. The van der Waals surface area contributed by atoms with Gasteiger partial charge in [0.15, 0.2) is 5.65 Å². The predicted octanol–water partition coefficient (Wildman–Crippen LogP) is 4.09. The number of aryl methyl sites for hydroxylation is 1. The fourth-order valence-corrected chi connectivity index (χ4v) is 4.16. The lowest BCUT2D eigenvalue weighted by atomic mass is 9.91. The highest BCUT2D eigenvalue weighted by atomic mass is 16.1.